The van der Waals surface area contributed by atoms with E-state index in [2.05, 4.69) is 4.72 Å². The molecule has 0 radical (unpaired) electrons. The number of ketones is 1. The van der Waals surface area contributed by atoms with Crippen molar-refractivity contribution in [1.29, 1.82) is 0 Å². The predicted molar refractivity (Wildman–Crippen MR) is 140 cm³/mol. The van der Waals surface area contributed by atoms with Crippen molar-refractivity contribution in [3.05, 3.63) is 83.2 Å². The predicted octanol–water partition coefficient (Wildman–Crippen LogP) is 5.40. The number of amides is 1. The highest BCUT2D eigenvalue weighted by Gasteiger charge is 2.34. The number of piperidine rings is 1. The Kier molecular flexibility index (Phi) is 7.91. The van der Waals surface area contributed by atoms with Crippen LogP contribution < -0.4 is 9.62 Å². The zero-order chi connectivity index (χ0) is 27.6. The van der Waals surface area contributed by atoms with Crippen LogP contribution in [0.1, 0.15) is 30.4 Å². The molecule has 3 aromatic rings. The zero-order valence-corrected chi connectivity index (χ0v) is 21.7. The number of hydrogen-bond acceptors (Lipinski definition) is 4. The molecule has 3 aromatic carbocycles. The molecule has 0 saturated carbocycles. The van der Waals surface area contributed by atoms with E-state index in [1.54, 1.807) is 25.1 Å². The van der Waals surface area contributed by atoms with E-state index in [4.69, 9.17) is 0 Å². The van der Waals surface area contributed by atoms with E-state index >= 15 is 8.78 Å². The lowest BCUT2D eigenvalue weighted by atomic mass is 9.89. The number of carbonyl (C=O) groups excluding carboxylic acids is 2. The molecule has 10 heteroatoms. The van der Waals surface area contributed by atoms with Crippen molar-refractivity contribution in [2.45, 2.75) is 32.6 Å². The summed E-state index contributed by atoms with van der Waals surface area (Å²) >= 11 is 0. The molecule has 1 aliphatic heterocycles. The van der Waals surface area contributed by atoms with Gasteiger partial charge in [-0.05, 0) is 60.7 Å². The number of Topliss-reactive ketones (excluding diaryl/α,β-unsaturated/α-hetero) is 1. The second-order valence-electron chi connectivity index (χ2n) is 9.55. The maximum absolute atomic E-state index is 15.3. The minimum absolute atomic E-state index is 0.0789. The fraction of sp³-hybridized carbons (Fsp3) is 0.286. The Hall–Kier alpha value is -3.66. The number of anilines is 2. The molecule has 0 aliphatic carbocycles. The van der Waals surface area contributed by atoms with Gasteiger partial charge in [-0.2, -0.15) is 0 Å². The summed E-state index contributed by atoms with van der Waals surface area (Å²) in [7, 11) is -3.64. The van der Waals surface area contributed by atoms with Gasteiger partial charge in [-0.1, -0.05) is 30.3 Å². The first kappa shape index (κ1) is 27.4. The lowest BCUT2D eigenvalue weighted by molar-refractivity contribution is -0.128. The largest absolute Gasteiger partial charge is 0.307 e. The van der Waals surface area contributed by atoms with Gasteiger partial charge in [0.25, 0.3) is 0 Å². The third kappa shape index (κ3) is 6.24. The molecule has 4 rings (SSSR count). The molecular formula is C28H27F3N2O4S. The number of nitrogens with one attached hydrogen (secondary N) is 1. The number of sulfonamides is 1. The van der Waals surface area contributed by atoms with Crippen LogP contribution in [0, 0.1) is 30.3 Å². The summed E-state index contributed by atoms with van der Waals surface area (Å²) in [6.45, 7) is 1.82. The van der Waals surface area contributed by atoms with Gasteiger partial charge in [-0.15, -0.1) is 0 Å². The van der Waals surface area contributed by atoms with Gasteiger partial charge in [0.2, 0.25) is 15.9 Å². The summed E-state index contributed by atoms with van der Waals surface area (Å²) in [5, 5.41) is 0. The average Bonchev–Trinajstić information content (AvgIpc) is 2.82. The number of benzene rings is 3. The monoisotopic (exact) mass is 544 g/mol. The molecule has 1 fully saturated rings. The topological polar surface area (TPSA) is 83.6 Å². The number of carbonyl (C=O) groups is 2. The summed E-state index contributed by atoms with van der Waals surface area (Å²) in [5.41, 5.74) is 0.945. The van der Waals surface area contributed by atoms with Gasteiger partial charge < -0.3 is 4.90 Å². The van der Waals surface area contributed by atoms with E-state index in [9.17, 15) is 22.4 Å². The van der Waals surface area contributed by atoms with E-state index in [1.807, 2.05) is 0 Å². The van der Waals surface area contributed by atoms with Crippen LogP contribution in [0.5, 0.6) is 0 Å². The minimum atomic E-state index is -3.64. The Balaban J connectivity index is 1.55. The molecule has 1 saturated heterocycles. The molecule has 1 atom stereocenters. The maximum atomic E-state index is 15.3. The Bertz CT molecular complexity index is 1480. The highest BCUT2D eigenvalue weighted by molar-refractivity contribution is 7.92. The van der Waals surface area contributed by atoms with Gasteiger partial charge in [-0.3, -0.25) is 14.3 Å². The lowest BCUT2D eigenvalue weighted by Gasteiger charge is -2.32. The first-order chi connectivity index (χ1) is 17.9. The van der Waals surface area contributed by atoms with Crippen LogP contribution in [0.2, 0.25) is 0 Å². The smallest absolute Gasteiger partial charge is 0.230 e. The second kappa shape index (κ2) is 11.0. The summed E-state index contributed by atoms with van der Waals surface area (Å²) in [6, 6.07) is 12.8. The van der Waals surface area contributed by atoms with E-state index in [0.29, 0.717) is 12.8 Å². The molecular weight excluding hydrogens is 517 g/mol. The van der Waals surface area contributed by atoms with Crippen molar-refractivity contribution in [2.24, 2.45) is 5.92 Å². The summed E-state index contributed by atoms with van der Waals surface area (Å²) < 4.78 is 70.5. The molecule has 0 spiro atoms. The summed E-state index contributed by atoms with van der Waals surface area (Å²) in [5.74, 6) is -4.15. The van der Waals surface area contributed by atoms with Gasteiger partial charge in [0, 0.05) is 30.9 Å². The highest BCUT2D eigenvalue weighted by atomic mass is 32.2. The van der Waals surface area contributed by atoms with Gasteiger partial charge in [0.1, 0.15) is 17.3 Å². The van der Waals surface area contributed by atoms with Crippen LogP contribution in [0.3, 0.4) is 0 Å². The van der Waals surface area contributed by atoms with E-state index in [0.717, 1.165) is 28.9 Å². The Morgan fingerprint density at radius 3 is 2.37 bits per heavy atom. The first-order valence-corrected chi connectivity index (χ1v) is 14.0. The number of aryl methyl sites for hydroxylation is 1. The van der Waals surface area contributed by atoms with Crippen LogP contribution >= 0.6 is 0 Å². The molecule has 6 nitrogen and oxygen atoms in total. The highest BCUT2D eigenvalue weighted by Crippen LogP contribution is 2.36. The second-order valence-corrected chi connectivity index (χ2v) is 11.3. The lowest BCUT2D eigenvalue weighted by Crippen LogP contribution is -2.43. The van der Waals surface area contributed by atoms with Crippen molar-refractivity contribution in [3.63, 3.8) is 0 Å². The maximum Gasteiger partial charge on any atom is 0.230 e. The molecule has 1 amide bonds. The van der Waals surface area contributed by atoms with E-state index in [1.165, 1.54) is 24.3 Å². The molecule has 0 unspecified atom stereocenters. The third-order valence-corrected chi connectivity index (χ3v) is 7.03. The normalized spacial score (nSPS) is 16.0. The molecule has 0 bridgehead atoms. The van der Waals surface area contributed by atoms with Crippen LogP contribution in [0.4, 0.5) is 24.5 Å². The number of halogens is 3. The van der Waals surface area contributed by atoms with Gasteiger partial charge >= 0.3 is 0 Å². The fourth-order valence-corrected chi connectivity index (χ4v) is 5.30. The number of rotatable bonds is 8. The number of hydrogen-bond donors (Lipinski definition) is 1. The average molecular weight is 545 g/mol. The SMILES string of the molecule is Cc1ccc(CC(=O)C[C@@H]2CCCN(c3c(F)cc(-c4ccccc4NS(C)(=O)=O)cc3F)C2=O)c(F)c1. The van der Waals surface area contributed by atoms with Gasteiger partial charge in [0.15, 0.2) is 11.6 Å². The van der Waals surface area contributed by atoms with Crippen LogP contribution in [0.25, 0.3) is 11.1 Å². The van der Waals surface area contributed by atoms with Crippen molar-refractivity contribution < 1.29 is 31.2 Å². The Morgan fingerprint density at radius 1 is 1.03 bits per heavy atom. The van der Waals surface area contributed by atoms with Crippen molar-refractivity contribution in [2.75, 3.05) is 22.4 Å². The first-order valence-electron chi connectivity index (χ1n) is 12.1. The van der Waals surface area contributed by atoms with Crippen molar-refractivity contribution >= 4 is 33.1 Å². The van der Waals surface area contributed by atoms with Gasteiger partial charge in [-0.25, -0.2) is 21.6 Å². The Labute approximate surface area is 219 Å². The van der Waals surface area contributed by atoms with E-state index in [-0.39, 0.29) is 47.5 Å². The summed E-state index contributed by atoms with van der Waals surface area (Å²) in [4.78, 5) is 26.8. The number of nitrogens with zero attached hydrogens (tertiary/aromatic N) is 1. The molecule has 1 N–H and O–H groups in total. The van der Waals surface area contributed by atoms with Crippen molar-refractivity contribution in [3.8, 4) is 11.1 Å². The molecule has 1 aliphatic rings. The molecule has 38 heavy (non-hydrogen) atoms. The minimum Gasteiger partial charge on any atom is -0.307 e. The standard InChI is InChI=1S/C28H27F3N2O4S/c1-17-9-10-18(23(29)12-17)13-21(34)14-19-6-5-11-33(28(19)35)27-24(30)15-20(16-25(27)31)22-7-3-4-8-26(22)32-38(2,36)37/h3-4,7-10,12,15-16,19,32H,5-6,11,13-14H2,1-2H3/t19-/m0/s1. The third-order valence-electron chi connectivity index (χ3n) is 6.44. The molecule has 0 aromatic heterocycles. The van der Waals surface area contributed by atoms with Gasteiger partial charge in [0.05, 0.1) is 11.9 Å². The fourth-order valence-electron chi connectivity index (χ4n) is 4.72. The number of para-hydroxylation sites is 1. The van der Waals surface area contributed by atoms with Crippen molar-refractivity contribution in [1.82, 2.24) is 0 Å². The van der Waals surface area contributed by atoms with E-state index < -0.39 is 45.0 Å². The Morgan fingerprint density at radius 2 is 1.71 bits per heavy atom. The summed E-state index contributed by atoms with van der Waals surface area (Å²) in [6.07, 6.45) is 1.45. The van der Waals surface area contributed by atoms with Crippen LogP contribution in [-0.2, 0) is 26.0 Å². The zero-order valence-electron chi connectivity index (χ0n) is 20.9. The van der Waals surface area contributed by atoms with Crippen LogP contribution in [-0.4, -0.2) is 32.9 Å². The molecule has 1 heterocycles. The molecule has 200 valence electrons. The van der Waals surface area contributed by atoms with Crippen LogP contribution in [0.15, 0.2) is 54.6 Å². The quantitative estimate of drug-likeness (QED) is 0.412.